The fourth-order valence-electron chi connectivity index (χ4n) is 1.77. The van der Waals surface area contributed by atoms with Gasteiger partial charge in [-0.2, -0.15) is 0 Å². The van der Waals surface area contributed by atoms with E-state index < -0.39 is 0 Å². The van der Waals surface area contributed by atoms with E-state index in [1.54, 1.807) is 0 Å². The second-order valence-corrected chi connectivity index (χ2v) is 4.75. The first-order valence-corrected chi connectivity index (χ1v) is 5.83. The van der Waals surface area contributed by atoms with Gasteiger partial charge in [0.05, 0.1) is 0 Å². The van der Waals surface area contributed by atoms with Gasteiger partial charge in [-0.1, -0.05) is 28.1 Å². The van der Waals surface area contributed by atoms with Crippen LogP contribution in [0.2, 0.25) is 0 Å². The highest BCUT2D eigenvalue weighted by molar-refractivity contribution is 9.10. The molecular weight excluding hydrogens is 250 g/mol. The van der Waals surface area contributed by atoms with Crippen molar-refractivity contribution in [3.63, 3.8) is 0 Å². The third-order valence-electron chi connectivity index (χ3n) is 2.65. The summed E-state index contributed by atoms with van der Waals surface area (Å²) >= 11 is 3.49. The second-order valence-electron chi connectivity index (χ2n) is 3.83. The Balaban J connectivity index is 2.29. The molecule has 0 radical (unpaired) electrons. The molecule has 0 unspecified atom stereocenters. The minimum atomic E-state index is 0.949. The summed E-state index contributed by atoms with van der Waals surface area (Å²) in [6.45, 7) is 5.24. The second kappa shape index (κ2) is 4.23. The molecule has 2 heteroatoms. The van der Waals surface area contributed by atoms with E-state index in [1.165, 1.54) is 17.0 Å². The molecule has 0 bridgehead atoms. The van der Waals surface area contributed by atoms with Crippen LogP contribution < -0.4 is 0 Å². The zero-order valence-corrected chi connectivity index (χ0v) is 10.6. The van der Waals surface area contributed by atoms with E-state index in [-0.39, 0.29) is 0 Å². The van der Waals surface area contributed by atoms with Gasteiger partial charge in [0.1, 0.15) is 0 Å². The molecule has 2 rings (SSSR count). The summed E-state index contributed by atoms with van der Waals surface area (Å²) in [5.74, 6) is 0. The molecule has 0 spiro atoms. The minimum Gasteiger partial charge on any atom is -0.345 e. The fourth-order valence-corrected chi connectivity index (χ4v) is 2.21. The summed E-state index contributed by atoms with van der Waals surface area (Å²) in [7, 11) is 0. The minimum absolute atomic E-state index is 0.949. The van der Waals surface area contributed by atoms with Gasteiger partial charge < -0.3 is 4.57 Å². The Hall–Kier alpha value is -1.02. The SMILES string of the molecule is Cc1ccc(C)n1Cc1cccc(Br)c1. The maximum absolute atomic E-state index is 3.49. The highest BCUT2D eigenvalue weighted by atomic mass is 79.9. The molecular formula is C13H14BrN. The number of aromatic nitrogens is 1. The molecule has 1 nitrogen and oxygen atoms in total. The highest BCUT2D eigenvalue weighted by Crippen LogP contribution is 2.15. The summed E-state index contributed by atoms with van der Waals surface area (Å²) < 4.78 is 3.46. The average molecular weight is 264 g/mol. The lowest BCUT2D eigenvalue weighted by molar-refractivity contribution is 0.749. The van der Waals surface area contributed by atoms with Crippen LogP contribution in [0.5, 0.6) is 0 Å². The lowest BCUT2D eigenvalue weighted by Crippen LogP contribution is -2.03. The largest absolute Gasteiger partial charge is 0.345 e. The Bertz CT molecular complexity index is 452. The van der Waals surface area contributed by atoms with Crippen LogP contribution in [-0.4, -0.2) is 4.57 Å². The molecule has 0 saturated carbocycles. The van der Waals surface area contributed by atoms with E-state index in [2.05, 4.69) is 70.7 Å². The lowest BCUT2D eigenvalue weighted by Gasteiger charge is -2.09. The smallest absolute Gasteiger partial charge is 0.0475 e. The first-order chi connectivity index (χ1) is 7.16. The fraction of sp³-hybridized carbons (Fsp3) is 0.231. The van der Waals surface area contributed by atoms with Crippen LogP contribution in [0, 0.1) is 13.8 Å². The van der Waals surface area contributed by atoms with E-state index in [0.717, 1.165) is 11.0 Å². The maximum Gasteiger partial charge on any atom is 0.0475 e. The summed E-state index contributed by atoms with van der Waals surface area (Å²) in [6.07, 6.45) is 0. The van der Waals surface area contributed by atoms with Gasteiger partial charge in [-0.05, 0) is 43.7 Å². The summed E-state index contributed by atoms with van der Waals surface area (Å²) in [5, 5.41) is 0. The molecule has 0 atom stereocenters. The number of aryl methyl sites for hydroxylation is 2. The van der Waals surface area contributed by atoms with Crippen molar-refractivity contribution < 1.29 is 0 Å². The molecule has 15 heavy (non-hydrogen) atoms. The number of hydrogen-bond donors (Lipinski definition) is 0. The standard InChI is InChI=1S/C13H14BrN/c1-10-6-7-11(2)15(10)9-12-4-3-5-13(14)8-12/h3-8H,9H2,1-2H3. The number of halogens is 1. The van der Waals surface area contributed by atoms with E-state index in [9.17, 15) is 0 Å². The van der Waals surface area contributed by atoms with Gasteiger partial charge in [0, 0.05) is 22.4 Å². The van der Waals surface area contributed by atoms with Crippen molar-refractivity contribution in [2.45, 2.75) is 20.4 Å². The van der Waals surface area contributed by atoms with Crippen LogP contribution in [0.15, 0.2) is 40.9 Å². The molecule has 0 N–H and O–H groups in total. The summed E-state index contributed by atoms with van der Waals surface area (Å²) in [5.41, 5.74) is 3.95. The highest BCUT2D eigenvalue weighted by Gasteiger charge is 2.01. The van der Waals surface area contributed by atoms with E-state index >= 15 is 0 Å². The van der Waals surface area contributed by atoms with Crippen molar-refractivity contribution in [3.8, 4) is 0 Å². The van der Waals surface area contributed by atoms with Gasteiger partial charge in [-0.15, -0.1) is 0 Å². The van der Waals surface area contributed by atoms with E-state index in [1.807, 2.05) is 0 Å². The maximum atomic E-state index is 3.49. The molecule has 1 heterocycles. The van der Waals surface area contributed by atoms with Crippen LogP contribution in [-0.2, 0) is 6.54 Å². The van der Waals surface area contributed by atoms with Crippen molar-refractivity contribution in [3.05, 3.63) is 57.8 Å². The molecule has 0 saturated heterocycles. The third-order valence-corrected chi connectivity index (χ3v) is 3.14. The Morgan fingerprint density at radius 1 is 1.07 bits per heavy atom. The predicted molar refractivity (Wildman–Crippen MR) is 67.2 cm³/mol. The molecule has 78 valence electrons. The first kappa shape index (κ1) is 10.5. The average Bonchev–Trinajstić information content (AvgIpc) is 2.50. The molecule has 1 aromatic heterocycles. The van der Waals surface area contributed by atoms with Crippen LogP contribution in [0.4, 0.5) is 0 Å². The van der Waals surface area contributed by atoms with Crippen molar-refractivity contribution in [2.24, 2.45) is 0 Å². The van der Waals surface area contributed by atoms with Crippen LogP contribution in [0.25, 0.3) is 0 Å². The van der Waals surface area contributed by atoms with Gasteiger partial charge in [-0.3, -0.25) is 0 Å². The Morgan fingerprint density at radius 2 is 1.73 bits per heavy atom. The van der Waals surface area contributed by atoms with Gasteiger partial charge in [-0.25, -0.2) is 0 Å². The molecule has 2 aromatic rings. The molecule has 0 fully saturated rings. The molecule has 0 aliphatic carbocycles. The van der Waals surface area contributed by atoms with Crippen LogP contribution in [0.3, 0.4) is 0 Å². The van der Waals surface area contributed by atoms with Gasteiger partial charge in [0.2, 0.25) is 0 Å². The number of rotatable bonds is 2. The zero-order valence-electron chi connectivity index (χ0n) is 9.00. The predicted octanol–water partition coefficient (Wildman–Crippen LogP) is 3.92. The Kier molecular flexibility index (Phi) is 2.96. The topological polar surface area (TPSA) is 4.93 Å². The van der Waals surface area contributed by atoms with Crippen molar-refractivity contribution in [1.29, 1.82) is 0 Å². The number of benzene rings is 1. The summed E-state index contributed by atoms with van der Waals surface area (Å²) in [6, 6.07) is 12.8. The van der Waals surface area contributed by atoms with Gasteiger partial charge in [0.25, 0.3) is 0 Å². The van der Waals surface area contributed by atoms with Crippen molar-refractivity contribution >= 4 is 15.9 Å². The molecule has 1 aromatic carbocycles. The number of nitrogens with zero attached hydrogens (tertiary/aromatic N) is 1. The van der Waals surface area contributed by atoms with Crippen molar-refractivity contribution in [1.82, 2.24) is 4.57 Å². The summed E-state index contributed by atoms with van der Waals surface area (Å²) in [4.78, 5) is 0. The Morgan fingerprint density at radius 3 is 2.33 bits per heavy atom. The van der Waals surface area contributed by atoms with Gasteiger partial charge in [0.15, 0.2) is 0 Å². The van der Waals surface area contributed by atoms with Crippen LogP contribution >= 0.6 is 15.9 Å². The normalized spacial score (nSPS) is 10.6. The molecule has 0 aliphatic rings. The van der Waals surface area contributed by atoms with Crippen LogP contribution in [0.1, 0.15) is 17.0 Å². The quantitative estimate of drug-likeness (QED) is 0.774. The molecule has 0 amide bonds. The Labute approximate surface area is 98.9 Å². The lowest BCUT2D eigenvalue weighted by atomic mass is 10.2. The monoisotopic (exact) mass is 263 g/mol. The van der Waals surface area contributed by atoms with E-state index in [0.29, 0.717) is 0 Å². The van der Waals surface area contributed by atoms with Gasteiger partial charge >= 0.3 is 0 Å². The number of hydrogen-bond acceptors (Lipinski definition) is 0. The zero-order chi connectivity index (χ0) is 10.8. The first-order valence-electron chi connectivity index (χ1n) is 5.04. The third kappa shape index (κ3) is 2.32. The van der Waals surface area contributed by atoms with Crippen molar-refractivity contribution in [2.75, 3.05) is 0 Å². The van der Waals surface area contributed by atoms with E-state index in [4.69, 9.17) is 0 Å². The molecule has 0 aliphatic heterocycles.